The Balaban J connectivity index is 2.27. The number of fused-ring (bicyclic) bond motifs is 1. The number of amides is 1. The van der Waals surface area contributed by atoms with Crippen LogP contribution in [0.3, 0.4) is 0 Å². The molecule has 1 atom stereocenters. The van der Waals surface area contributed by atoms with Crippen molar-refractivity contribution < 1.29 is 19.1 Å². The van der Waals surface area contributed by atoms with Crippen LogP contribution in [0.1, 0.15) is 29.5 Å². The zero-order chi connectivity index (χ0) is 15.5. The first kappa shape index (κ1) is 15.5. The Bertz CT molecular complexity index is 626. The molecule has 1 aromatic carbocycles. The van der Waals surface area contributed by atoms with Gasteiger partial charge in [0.05, 0.1) is 12.1 Å². The van der Waals surface area contributed by atoms with Gasteiger partial charge in [-0.3, -0.25) is 4.79 Å². The number of ether oxygens (including phenoxy) is 1. The molecule has 2 N–H and O–H groups in total. The van der Waals surface area contributed by atoms with E-state index in [4.69, 9.17) is 14.3 Å². The first-order valence-corrected chi connectivity index (χ1v) is 6.91. The standard InChI is InChI=1S/C16H21NO4/c1-11-12-6-4-5-7-13(12)21-14(11)15(19)17-16(2,8-9-18)10-20-3/h4-7,18H,8-10H2,1-3H3,(H,17,19). The fourth-order valence-electron chi connectivity index (χ4n) is 2.46. The molecule has 0 aliphatic rings. The fraction of sp³-hybridized carbons (Fsp3) is 0.438. The van der Waals surface area contributed by atoms with Gasteiger partial charge in [0.2, 0.25) is 0 Å². The zero-order valence-electron chi connectivity index (χ0n) is 12.6. The van der Waals surface area contributed by atoms with Gasteiger partial charge < -0.3 is 19.6 Å². The fourth-order valence-corrected chi connectivity index (χ4v) is 2.46. The van der Waals surface area contributed by atoms with Crippen molar-refractivity contribution in [1.29, 1.82) is 0 Å². The number of furan rings is 1. The third-order valence-electron chi connectivity index (χ3n) is 3.59. The molecule has 1 unspecified atom stereocenters. The van der Waals surface area contributed by atoms with E-state index in [2.05, 4.69) is 5.32 Å². The summed E-state index contributed by atoms with van der Waals surface area (Å²) in [7, 11) is 1.56. The molecule has 1 heterocycles. The molecule has 0 aliphatic heterocycles. The number of aliphatic hydroxyl groups is 1. The van der Waals surface area contributed by atoms with Gasteiger partial charge in [-0.2, -0.15) is 0 Å². The van der Waals surface area contributed by atoms with Crippen LogP contribution in [0.25, 0.3) is 11.0 Å². The lowest BCUT2D eigenvalue weighted by atomic mass is 9.99. The van der Waals surface area contributed by atoms with E-state index in [0.29, 0.717) is 24.4 Å². The minimum Gasteiger partial charge on any atom is -0.451 e. The SMILES string of the molecule is COCC(C)(CCO)NC(=O)c1oc2ccccc2c1C. The summed E-state index contributed by atoms with van der Waals surface area (Å²) in [6.07, 6.45) is 0.409. The van der Waals surface area contributed by atoms with Gasteiger partial charge in [0.1, 0.15) is 5.58 Å². The number of aliphatic hydroxyl groups excluding tert-OH is 1. The van der Waals surface area contributed by atoms with Gasteiger partial charge >= 0.3 is 0 Å². The highest BCUT2D eigenvalue weighted by Crippen LogP contribution is 2.25. The molecule has 2 aromatic rings. The Labute approximate surface area is 123 Å². The lowest BCUT2D eigenvalue weighted by molar-refractivity contribution is 0.0704. The summed E-state index contributed by atoms with van der Waals surface area (Å²) in [6.45, 7) is 3.99. The van der Waals surface area contributed by atoms with Gasteiger partial charge in [-0.25, -0.2) is 0 Å². The van der Waals surface area contributed by atoms with Crippen LogP contribution in [-0.2, 0) is 4.74 Å². The van der Waals surface area contributed by atoms with Crippen molar-refractivity contribution in [2.75, 3.05) is 20.3 Å². The van der Waals surface area contributed by atoms with E-state index in [9.17, 15) is 4.79 Å². The number of hydrogen-bond donors (Lipinski definition) is 2. The highest BCUT2D eigenvalue weighted by molar-refractivity contribution is 5.99. The molecule has 5 heteroatoms. The lowest BCUT2D eigenvalue weighted by Gasteiger charge is -2.29. The molecule has 0 fully saturated rings. The number of nitrogens with one attached hydrogen (secondary N) is 1. The summed E-state index contributed by atoms with van der Waals surface area (Å²) >= 11 is 0. The van der Waals surface area contributed by atoms with E-state index in [1.54, 1.807) is 7.11 Å². The maximum atomic E-state index is 12.5. The Morgan fingerprint density at radius 1 is 1.43 bits per heavy atom. The van der Waals surface area contributed by atoms with Crippen molar-refractivity contribution in [2.24, 2.45) is 0 Å². The molecule has 0 aliphatic carbocycles. The van der Waals surface area contributed by atoms with Gasteiger partial charge in [-0.1, -0.05) is 18.2 Å². The van der Waals surface area contributed by atoms with Crippen molar-refractivity contribution in [3.05, 3.63) is 35.6 Å². The van der Waals surface area contributed by atoms with E-state index in [-0.39, 0.29) is 12.5 Å². The first-order valence-electron chi connectivity index (χ1n) is 6.91. The van der Waals surface area contributed by atoms with E-state index >= 15 is 0 Å². The predicted octanol–water partition coefficient (Wildman–Crippen LogP) is 2.26. The normalized spacial score (nSPS) is 14.1. The lowest BCUT2D eigenvalue weighted by Crippen LogP contribution is -2.50. The van der Waals surface area contributed by atoms with Crippen LogP contribution in [0, 0.1) is 6.92 Å². The van der Waals surface area contributed by atoms with Gasteiger partial charge in [0.25, 0.3) is 5.91 Å². The molecule has 21 heavy (non-hydrogen) atoms. The van der Waals surface area contributed by atoms with Gasteiger partial charge in [-0.05, 0) is 26.3 Å². The average Bonchev–Trinajstić information content (AvgIpc) is 2.77. The first-order chi connectivity index (χ1) is 10.0. The third kappa shape index (κ3) is 3.25. The number of carbonyl (C=O) groups excluding carboxylic acids is 1. The van der Waals surface area contributed by atoms with Crippen molar-refractivity contribution in [2.45, 2.75) is 25.8 Å². The second-order valence-electron chi connectivity index (χ2n) is 5.47. The van der Waals surface area contributed by atoms with Crippen molar-refractivity contribution in [1.82, 2.24) is 5.32 Å². The molecule has 0 saturated heterocycles. The molecular weight excluding hydrogens is 270 g/mol. The average molecular weight is 291 g/mol. The predicted molar refractivity (Wildman–Crippen MR) is 80.4 cm³/mol. The van der Waals surface area contributed by atoms with E-state index < -0.39 is 5.54 Å². The van der Waals surface area contributed by atoms with Gasteiger partial charge in [-0.15, -0.1) is 0 Å². The summed E-state index contributed by atoms with van der Waals surface area (Å²) in [5, 5.41) is 13.0. The largest absolute Gasteiger partial charge is 0.451 e. The molecule has 5 nitrogen and oxygen atoms in total. The van der Waals surface area contributed by atoms with Crippen LogP contribution in [0.5, 0.6) is 0 Å². The summed E-state index contributed by atoms with van der Waals surface area (Å²) in [5.74, 6) is 0.00756. The molecule has 1 aromatic heterocycles. The molecule has 0 spiro atoms. The van der Waals surface area contributed by atoms with E-state index in [0.717, 1.165) is 10.9 Å². The third-order valence-corrected chi connectivity index (χ3v) is 3.59. The molecule has 2 rings (SSSR count). The molecule has 0 bridgehead atoms. The zero-order valence-corrected chi connectivity index (χ0v) is 12.6. The summed E-state index contributed by atoms with van der Waals surface area (Å²) in [6, 6.07) is 7.54. The maximum absolute atomic E-state index is 12.5. The number of para-hydroxylation sites is 1. The second-order valence-corrected chi connectivity index (χ2v) is 5.47. The molecular formula is C16H21NO4. The number of aryl methyl sites for hydroxylation is 1. The monoisotopic (exact) mass is 291 g/mol. The molecule has 1 amide bonds. The van der Waals surface area contributed by atoms with Crippen molar-refractivity contribution >= 4 is 16.9 Å². The molecule has 114 valence electrons. The quantitative estimate of drug-likeness (QED) is 0.856. The highest BCUT2D eigenvalue weighted by atomic mass is 16.5. The van der Waals surface area contributed by atoms with Gasteiger partial charge in [0.15, 0.2) is 5.76 Å². The van der Waals surface area contributed by atoms with Crippen LogP contribution in [0.4, 0.5) is 0 Å². The Hall–Kier alpha value is -1.85. The van der Waals surface area contributed by atoms with Crippen LogP contribution < -0.4 is 5.32 Å². The second kappa shape index (κ2) is 6.28. The topological polar surface area (TPSA) is 71.7 Å². The molecule has 0 radical (unpaired) electrons. The van der Waals surface area contributed by atoms with Gasteiger partial charge in [0, 0.05) is 24.7 Å². The number of benzene rings is 1. The van der Waals surface area contributed by atoms with Crippen LogP contribution >= 0.6 is 0 Å². The Morgan fingerprint density at radius 3 is 2.76 bits per heavy atom. The number of rotatable bonds is 6. The summed E-state index contributed by atoms with van der Waals surface area (Å²) in [5.41, 5.74) is 0.869. The van der Waals surface area contributed by atoms with E-state index in [1.807, 2.05) is 38.1 Å². The Kier molecular flexibility index (Phi) is 4.65. The summed E-state index contributed by atoms with van der Waals surface area (Å²) in [4.78, 5) is 12.5. The minimum atomic E-state index is -0.633. The van der Waals surface area contributed by atoms with Crippen LogP contribution in [-0.4, -0.2) is 36.9 Å². The number of hydrogen-bond acceptors (Lipinski definition) is 4. The highest BCUT2D eigenvalue weighted by Gasteiger charge is 2.28. The van der Waals surface area contributed by atoms with E-state index in [1.165, 1.54) is 0 Å². The van der Waals surface area contributed by atoms with Crippen LogP contribution in [0.2, 0.25) is 0 Å². The molecule has 0 saturated carbocycles. The van der Waals surface area contributed by atoms with Crippen molar-refractivity contribution in [3.8, 4) is 0 Å². The maximum Gasteiger partial charge on any atom is 0.287 e. The Morgan fingerprint density at radius 2 is 2.14 bits per heavy atom. The minimum absolute atomic E-state index is 0.0285. The van der Waals surface area contributed by atoms with Crippen LogP contribution in [0.15, 0.2) is 28.7 Å². The number of methoxy groups -OCH3 is 1. The number of carbonyl (C=O) groups is 1. The smallest absolute Gasteiger partial charge is 0.287 e. The van der Waals surface area contributed by atoms with Crippen molar-refractivity contribution in [3.63, 3.8) is 0 Å². The summed E-state index contributed by atoms with van der Waals surface area (Å²) < 4.78 is 10.8.